The zero-order chi connectivity index (χ0) is 19.5. The number of aliphatic hydroxyl groups excluding tert-OH is 1. The first-order valence-electron chi connectivity index (χ1n) is 9.53. The predicted octanol–water partition coefficient (Wildman–Crippen LogP) is 2.63. The third-order valence-electron chi connectivity index (χ3n) is 5.29. The molecule has 0 bridgehead atoms. The first-order valence-corrected chi connectivity index (χ1v) is 10.3. The van der Waals surface area contributed by atoms with Crippen LogP contribution in [0.4, 0.5) is 9.93 Å². The highest BCUT2D eigenvalue weighted by atomic mass is 32.1. The number of urea groups is 1. The van der Waals surface area contributed by atoms with Gasteiger partial charge in [0.1, 0.15) is 17.4 Å². The topological polar surface area (TPSA) is 93.2 Å². The first-order chi connectivity index (χ1) is 13.7. The minimum absolute atomic E-state index is 0.149. The van der Waals surface area contributed by atoms with Gasteiger partial charge in [-0.25, -0.2) is 9.78 Å². The van der Waals surface area contributed by atoms with Crippen molar-refractivity contribution < 1.29 is 24.1 Å². The second-order valence-electron chi connectivity index (χ2n) is 7.03. The van der Waals surface area contributed by atoms with Crippen molar-refractivity contribution in [3.8, 4) is 5.75 Å². The van der Waals surface area contributed by atoms with E-state index in [1.54, 1.807) is 12.0 Å². The van der Waals surface area contributed by atoms with Crippen LogP contribution in [0.5, 0.6) is 5.75 Å². The van der Waals surface area contributed by atoms with E-state index < -0.39 is 0 Å². The first kappa shape index (κ1) is 19.4. The minimum atomic E-state index is -0.159. The number of hydrogen-bond acceptors (Lipinski definition) is 7. The number of benzene rings is 1. The van der Waals surface area contributed by atoms with E-state index in [9.17, 15) is 9.90 Å². The van der Waals surface area contributed by atoms with Gasteiger partial charge in [0.2, 0.25) is 0 Å². The van der Waals surface area contributed by atoms with Crippen molar-refractivity contribution in [3.05, 3.63) is 17.7 Å². The molecule has 2 amide bonds. The maximum Gasteiger partial charge on any atom is 0.323 e. The van der Waals surface area contributed by atoms with Crippen LogP contribution in [0, 0.1) is 5.92 Å². The number of carbonyl (C=O) groups excluding carboxylic acids is 1. The van der Waals surface area contributed by atoms with E-state index in [2.05, 4.69) is 10.3 Å². The van der Waals surface area contributed by atoms with Crippen LogP contribution in [0.2, 0.25) is 0 Å². The lowest BCUT2D eigenvalue weighted by Gasteiger charge is -2.30. The SMILES string of the molecule is COc1ccc(C2COCCO2)c2sc(NC(=O)N3CCC(CO)CC3)nc12. The summed E-state index contributed by atoms with van der Waals surface area (Å²) in [6, 6.07) is 3.69. The molecule has 1 atom stereocenters. The molecule has 9 heteroatoms. The van der Waals surface area contributed by atoms with Crippen LogP contribution in [0.15, 0.2) is 12.1 Å². The number of rotatable bonds is 4. The van der Waals surface area contributed by atoms with E-state index >= 15 is 0 Å². The van der Waals surface area contributed by atoms with E-state index in [0.29, 0.717) is 49.3 Å². The Balaban J connectivity index is 1.55. The van der Waals surface area contributed by atoms with Gasteiger partial charge in [-0.15, -0.1) is 0 Å². The number of likely N-dealkylation sites (tertiary alicyclic amines) is 1. The van der Waals surface area contributed by atoms with Gasteiger partial charge in [0.15, 0.2) is 5.13 Å². The van der Waals surface area contributed by atoms with Gasteiger partial charge in [-0.05, 0) is 24.8 Å². The van der Waals surface area contributed by atoms with Crippen LogP contribution in [0.25, 0.3) is 10.2 Å². The third-order valence-corrected chi connectivity index (χ3v) is 6.31. The molecule has 2 fully saturated rings. The van der Waals surface area contributed by atoms with Crippen LogP contribution in [0.3, 0.4) is 0 Å². The monoisotopic (exact) mass is 407 g/mol. The standard InChI is InChI=1S/C19H25N3O5S/c1-25-14-3-2-13(15-11-26-8-9-27-15)17-16(14)20-18(28-17)21-19(24)22-6-4-12(10-23)5-7-22/h2-3,12,15,23H,4-11H2,1H3,(H,20,21,24). The van der Waals surface area contributed by atoms with Crippen molar-refractivity contribution >= 4 is 32.7 Å². The van der Waals surface area contributed by atoms with Crippen LogP contribution in [-0.4, -0.2) is 67.6 Å². The Hall–Kier alpha value is -1.94. The highest BCUT2D eigenvalue weighted by Gasteiger charge is 2.25. The van der Waals surface area contributed by atoms with Gasteiger partial charge in [-0.2, -0.15) is 0 Å². The zero-order valence-electron chi connectivity index (χ0n) is 15.8. The van der Waals surface area contributed by atoms with Crippen molar-refractivity contribution in [1.29, 1.82) is 0 Å². The Bertz CT molecular complexity index is 828. The minimum Gasteiger partial charge on any atom is -0.494 e. The molecule has 28 heavy (non-hydrogen) atoms. The van der Waals surface area contributed by atoms with E-state index in [1.165, 1.54) is 11.3 Å². The van der Waals surface area contributed by atoms with Crippen molar-refractivity contribution in [2.75, 3.05) is 51.9 Å². The molecule has 4 rings (SSSR count). The molecule has 152 valence electrons. The molecule has 0 radical (unpaired) electrons. The molecule has 8 nitrogen and oxygen atoms in total. The van der Waals surface area contributed by atoms with E-state index in [1.807, 2.05) is 12.1 Å². The maximum atomic E-state index is 12.6. The summed E-state index contributed by atoms with van der Waals surface area (Å²) in [5, 5.41) is 12.7. The van der Waals surface area contributed by atoms with Crippen LogP contribution in [0.1, 0.15) is 24.5 Å². The Kier molecular flexibility index (Phi) is 5.96. The van der Waals surface area contributed by atoms with Crippen LogP contribution >= 0.6 is 11.3 Å². The second-order valence-corrected chi connectivity index (χ2v) is 8.03. The number of aromatic nitrogens is 1. The zero-order valence-corrected chi connectivity index (χ0v) is 16.7. The summed E-state index contributed by atoms with van der Waals surface area (Å²) >= 11 is 1.42. The fourth-order valence-corrected chi connectivity index (χ4v) is 4.66. The number of nitrogens with one attached hydrogen (secondary N) is 1. The van der Waals surface area contributed by atoms with Gasteiger partial charge in [-0.1, -0.05) is 17.4 Å². The molecule has 1 unspecified atom stereocenters. The highest BCUT2D eigenvalue weighted by molar-refractivity contribution is 7.22. The highest BCUT2D eigenvalue weighted by Crippen LogP contribution is 2.39. The number of piperidine rings is 1. The maximum absolute atomic E-state index is 12.6. The van der Waals surface area contributed by atoms with Gasteiger partial charge in [-0.3, -0.25) is 5.32 Å². The number of carbonyl (C=O) groups is 1. The van der Waals surface area contributed by atoms with Gasteiger partial charge < -0.3 is 24.2 Å². The number of aliphatic hydroxyl groups is 1. The van der Waals surface area contributed by atoms with Crippen molar-refractivity contribution in [2.45, 2.75) is 18.9 Å². The number of amides is 2. The summed E-state index contributed by atoms with van der Waals surface area (Å²) in [6.07, 6.45) is 1.49. The van der Waals surface area contributed by atoms with E-state index in [-0.39, 0.29) is 24.7 Å². The molecule has 2 aliphatic rings. The number of ether oxygens (including phenoxy) is 3. The number of fused-ring (bicyclic) bond motifs is 1. The fraction of sp³-hybridized carbons (Fsp3) is 0.579. The molecular weight excluding hydrogens is 382 g/mol. The molecule has 0 spiro atoms. The van der Waals surface area contributed by atoms with Crippen molar-refractivity contribution in [2.24, 2.45) is 5.92 Å². The molecule has 2 aliphatic heterocycles. The Labute approximate surface area is 167 Å². The lowest BCUT2D eigenvalue weighted by Crippen LogP contribution is -2.41. The van der Waals surface area contributed by atoms with E-state index in [4.69, 9.17) is 14.2 Å². The lowest BCUT2D eigenvalue weighted by molar-refractivity contribution is -0.0895. The van der Waals surface area contributed by atoms with Gasteiger partial charge in [0.25, 0.3) is 0 Å². The summed E-state index contributed by atoms with van der Waals surface area (Å²) in [6.45, 7) is 3.13. The van der Waals surface area contributed by atoms with Gasteiger partial charge >= 0.3 is 6.03 Å². The van der Waals surface area contributed by atoms with Crippen LogP contribution in [-0.2, 0) is 9.47 Å². The van der Waals surface area contributed by atoms with Gasteiger partial charge in [0.05, 0.1) is 31.6 Å². The summed E-state index contributed by atoms with van der Waals surface area (Å²) in [4.78, 5) is 19.0. The lowest BCUT2D eigenvalue weighted by atomic mass is 9.98. The number of hydrogen-bond donors (Lipinski definition) is 2. The smallest absolute Gasteiger partial charge is 0.323 e. The molecule has 0 saturated carbocycles. The summed E-state index contributed by atoms with van der Waals surface area (Å²) < 4.78 is 17.8. The predicted molar refractivity (Wildman–Crippen MR) is 106 cm³/mol. The summed E-state index contributed by atoms with van der Waals surface area (Å²) in [5.41, 5.74) is 1.71. The third kappa shape index (κ3) is 3.93. The number of anilines is 1. The molecule has 3 heterocycles. The largest absolute Gasteiger partial charge is 0.494 e. The molecule has 1 aromatic carbocycles. The summed E-state index contributed by atoms with van der Waals surface area (Å²) in [5.74, 6) is 0.951. The molecular formula is C19H25N3O5S. The molecule has 0 aliphatic carbocycles. The molecule has 1 aromatic heterocycles. The van der Waals surface area contributed by atoms with Crippen LogP contribution < -0.4 is 10.1 Å². The molecule has 2 aromatic rings. The average molecular weight is 407 g/mol. The van der Waals surface area contributed by atoms with Crippen molar-refractivity contribution in [1.82, 2.24) is 9.88 Å². The van der Waals surface area contributed by atoms with Gasteiger partial charge in [0, 0.05) is 25.3 Å². The number of nitrogens with zero attached hydrogens (tertiary/aromatic N) is 2. The van der Waals surface area contributed by atoms with E-state index in [0.717, 1.165) is 23.1 Å². The summed E-state index contributed by atoms with van der Waals surface area (Å²) in [7, 11) is 1.61. The fourth-order valence-electron chi connectivity index (χ4n) is 3.63. The number of methoxy groups -OCH3 is 1. The Morgan fingerprint density at radius 3 is 2.89 bits per heavy atom. The normalized spacial score (nSPS) is 21.1. The molecule has 2 saturated heterocycles. The Morgan fingerprint density at radius 2 is 2.21 bits per heavy atom. The second kappa shape index (κ2) is 8.60. The van der Waals surface area contributed by atoms with Crippen molar-refractivity contribution in [3.63, 3.8) is 0 Å². The Morgan fingerprint density at radius 1 is 1.39 bits per heavy atom. The quantitative estimate of drug-likeness (QED) is 0.809. The average Bonchev–Trinajstić information content (AvgIpc) is 3.17. The molecule has 2 N–H and O–H groups in total. The number of thiazole rings is 1.